The Morgan fingerprint density at radius 2 is 2.40 bits per heavy atom. The molecule has 29 valence electrons. The van der Waals surface area contributed by atoms with Crippen molar-refractivity contribution in [1.82, 2.24) is 0 Å². The molecule has 0 unspecified atom stereocenters. The lowest BCUT2D eigenvalue weighted by Gasteiger charge is -1.64. The van der Waals surface area contributed by atoms with Gasteiger partial charge in [-0.3, -0.25) is 0 Å². The van der Waals surface area contributed by atoms with Crippen LogP contribution in [-0.4, -0.2) is 11.4 Å². The van der Waals surface area contributed by atoms with Crippen LogP contribution in [0.2, 0.25) is 0 Å². The van der Waals surface area contributed by atoms with Gasteiger partial charge in [0.25, 0.3) is 0 Å². The molecule has 1 N–H and O–H groups in total. The molecule has 0 heterocycles. The molecule has 0 aliphatic carbocycles. The standard InChI is InChI=1S/C3H6NO/c1-2-3-4-5/h2-3,5H,1H3/b4-3-. The predicted octanol–water partition coefficient (Wildman–Crippen LogP) is 0.671. The summed E-state index contributed by atoms with van der Waals surface area (Å²) in [5.74, 6) is 0. The molecule has 0 rings (SSSR count). The first kappa shape index (κ1) is 4.47. The van der Waals surface area contributed by atoms with E-state index in [0.717, 1.165) is 0 Å². The highest BCUT2D eigenvalue weighted by atomic mass is 16.4. The van der Waals surface area contributed by atoms with Crippen molar-refractivity contribution in [1.29, 1.82) is 0 Å². The molecule has 5 heavy (non-hydrogen) atoms. The van der Waals surface area contributed by atoms with Crippen LogP contribution in [0.5, 0.6) is 0 Å². The molecule has 1 radical (unpaired) electrons. The summed E-state index contributed by atoms with van der Waals surface area (Å²) in [4.78, 5) is 0. The fourth-order valence-corrected chi connectivity index (χ4v) is 0.0667. The van der Waals surface area contributed by atoms with Gasteiger partial charge in [0, 0.05) is 12.6 Å². The van der Waals surface area contributed by atoms with E-state index in [1.807, 2.05) is 0 Å². The fourth-order valence-electron chi connectivity index (χ4n) is 0.0667. The molecule has 0 bridgehead atoms. The maximum Gasteiger partial charge on any atom is 0.0470 e. The summed E-state index contributed by atoms with van der Waals surface area (Å²) in [5, 5.41) is 10.3. The normalized spacial score (nSPS) is 9.80. The van der Waals surface area contributed by atoms with Gasteiger partial charge in [0.2, 0.25) is 0 Å². The molecule has 0 aliphatic rings. The highest BCUT2D eigenvalue weighted by molar-refractivity contribution is 5.65. The molecule has 0 atom stereocenters. The topological polar surface area (TPSA) is 32.6 Å². The fraction of sp³-hybridized carbons (Fsp3) is 0.333. The average molecular weight is 72.1 g/mol. The van der Waals surface area contributed by atoms with Crippen molar-refractivity contribution in [3.8, 4) is 0 Å². The van der Waals surface area contributed by atoms with E-state index >= 15 is 0 Å². The van der Waals surface area contributed by atoms with Crippen molar-refractivity contribution in [2.45, 2.75) is 6.92 Å². The second-order valence-corrected chi connectivity index (χ2v) is 0.598. The van der Waals surface area contributed by atoms with Crippen LogP contribution < -0.4 is 0 Å². The van der Waals surface area contributed by atoms with Crippen LogP contribution in [0.15, 0.2) is 5.16 Å². The predicted molar refractivity (Wildman–Crippen MR) is 20.3 cm³/mol. The van der Waals surface area contributed by atoms with E-state index in [2.05, 4.69) is 5.16 Å². The minimum Gasteiger partial charge on any atom is -0.411 e. The van der Waals surface area contributed by atoms with Crippen LogP contribution in [0.1, 0.15) is 6.92 Å². The quantitative estimate of drug-likeness (QED) is 0.275. The van der Waals surface area contributed by atoms with Gasteiger partial charge in [-0.1, -0.05) is 6.92 Å². The molecule has 0 spiro atoms. The SMILES string of the molecule is C[CH]/C=N\O. The number of nitrogens with zero attached hydrogens (tertiary/aromatic N) is 1. The van der Waals surface area contributed by atoms with Gasteiger partial charge in [-0.05, 0) is 0 Å². The largest absolute Gasteiger partial charge is 0.411 e. The molecule has 0 amide bonds. The van der Waals surface area contributed by atoms with E-state index in [4.69, 9.17) is 5.21 Å². The lowest BCUT2D eigenvalue weighted by atomic mass is 10.6. The Labute approximate surface area is 31.1 Å². The van der Waals surface area contributed by atoms with Gasteiger partial charge in [0.15, 0.2) is 0 Å². The van der Waals surface area contributed by atoms with Gasteiger partial charge < -0.3 is 5.21 Å². The Balaban J connectivity index is 2.62. The first-order chi connectivity index (χ1) is 2.41. The first-order valence-corrected chi connectivity index (χ1v) is 1.37. The Morgan fingerprint density at radius 3 is 2.40 bits per heavy atom. The summed E-state index contributed by atoms with van der Waals surface area (Å²) in [6, 6.07) is 0. The van der Waals surface area contributed by atoms with E-state index in [1.54, 1.807) is 13.3 Å². The zero-order chi connectivity index (χ0) is 4.12. The second kappa shape index (κ2) is 3.47. The van der Waals surface area contributed by atoms with Gasteiger partial charge in [-0.2, -0.15) is 0 Å². The molecule has 0 fully saturated rings. The van der Waals surface area contributed by atoms with E-state index < -0.39 is 0 Å². The maximum absolute atomic E-state index is 7.60. The molecule has 0 aliphatic heterocycles. The Bertz CT molecular complexity index is 33.9. The smallest absolute Gasteiger partial charge is 0.0470 e. The molecule has 0 aromatic heterocycles. The van der Waals surface area contributed by atoms with Crippen LogP contribution in [0.4, 0.5) is 0 Å². The maximum atomic E-state index is 7.60. The van der Waals surface area contributed by atoms with Gasteiger partial charge in [0.1, 0.15) is 0 Å². The van der Waals surface area contributed by atoms with E-state index in [0.29, 0.717) is 0 Å². The van der Waals surface area contributed by atoms with E-state index in [1.165, 1.54) is 6.21 Å². The Hall–Kier alpha value is -0.530. The molecule has 0 saturated carbocycles. The van der Waals surface area contributed by atoms with Crippen LogP contribution in [0.25, 0.3) is 0 Å². The van der Waals surface area contributed by atoms with Crippen molar-refractivity contribution >= 4 is 6.21 Å². The Kier molecular flexibility index (Phi) is 3.10. The first-order valence-electron chi connectivity index (χ1n) is 1.37. The van der Waals surface area contributed by atoms with Crippen LogP contribution in [0, 0.1) is 6.42 Å². The van der Waals surface area contributed by atoms with Crippen molar-refractivity contribution in [2.75, 3.05) is 0 Å². The third kappa shape index (κ3) is 3.47. The lowest BCUT2D eigenvalue weighted by molar-refractivity contribution is 0.321. The zero-order valence-electron chi connectivity index (χ0n) is 3.05. The van der Waals surface area contributed by atoms with Crippen LogP contribution >= 0.6 is 0 Å². The van der Waals surface area contributed by atoms with Gasteiger partial charge >= 0.3 is 0 Å². The third-order valence-corrected chi connectivity index (χ3v) is 0.216. The Morgan fingerprint density at radius 1 is 1.80 bits per heavy atom. The van der Waals surface area contributed by atoms with Gasteiger partial charge in [0.05, 0.1) is 0 Å². The highest BCUT2D eigenvalue weighted by Gasteiger charge is 1.56. The number of oxime groups is 1. The average Bonchev–Trinajstić information content (AvgIpc) is 1.41. The zero-order valence-corrected chi connectivity index (χ0v) is 3.05. The summed E-state index contributed by atoms with van der Waals surface area (Å²) in [5.41, 5.74) is 0. The summed E-state index contributed by atoms with van der Waals surface area (Å²) < 4.78 is 0. The highest BCUT2D eigenvalue weighted by Crippen LogP contribution is 1.57. The lowest BCUT2D eigenvalue weighted by Crippen LogP contribution is -1.62. The summed E-state index contributed by atoms with van der Waals surface area (Å²) >= 11 is 0. The molecule has 2 heteroatoms. The van der Waals surface area contributed by atoms with E-state index in [-0.39, 0.29) is 0 Å². The minimum absolute atomic E-state index is 1.31. The third-order valence-electron chi connectivity index (χ3n) is 0.216. The summed E-state index contributed by atoms with van der Waals surface area (Å²) in [6.07, 6.45) is 2.94. The van der Waals surface area contributed by atoms with Crippen molar-refractivity contribution < 1.29 is 5.21 Å². The number of hydrogen-bond donors (Lipinski definition) is 1. The van der Waals surface area contributed by atoms with Gasteiger partial charge in [-0.25, -0.2) is 0 Å². The minimum atomic E-state index is 1.31. The number of rotatable bonds is 1. The van der Waals surface area contributed by atoms with Crippen molar-refractivity contribution in [3.63, 3.8) is 0 Å². The molecule has 0 aromatic carbocycles. The molecule has 0 saturated heterocycles. The molecular weight excluding hydrogens is 66.0 g/mol. The second-order valence-electron chi connectivity index (χ2n) is 0.598. The van der Waals surface area contributed by atoms with Crippen LogP contribution in [-0.2, 0) is 0 Å². The summed E-state index contributed by atoms with van der Waals surface area (Å²) in [6.45, 7) is 1.78. The van der Waals surface area contributed by atoms with Crippen molar-refractivity contribution in [2.24, 2.45) is 5.16 Å². The van der Waals surface area contributed by atoms with Crippen LogP contribution in [0.3, 0.4) is 0 Å². The molecule has 2 nitrogen and oxygen atoms in total. The molecular formula is C3H6NO. The number of hydrogen-bond acceptors (Lipinski definition) is 2. The van der Waals surface area contributed by atoms with Crippen molar-refractivity contribution in [3.05, 3.63) is 6.42 Å². The monoisotopic (exact) mass is 72.0 g/mol. The summed E-state index contributed by atoms with van der Waals surface area (Å²) in [7, 11) is 0. The van der Waals surface area contributed by atoms with Gasteiger partial charge in [-0.15, -0.1) is 5.16 Å². The molecule has 0 aromatic rings. The van der Waals surface area contributed by atoms with E-state index in [9.17, 15) is 0 Å².